The predicted molar refractivity (Wildman–Crippen MR) is 135 cm³/mol. The number of aromatic amines is 1. The van der Waals surface area contributed by atoms with Gasteiger partial charge >= 0.3 is 0 Å². The van der Waals surface area contributed by atoms with E-state index in [0.717, 1.165) is 97.4 Å². The number of thioether (sulfide) groups is 1. The monoisotopic (exact) mass is 479 g/mol. The Morgan fingerprint density at radius 2 is 2.09 bits per heavy atom. The van der Waals surface area contributed by atoms with Gasteiger partial charge in [-0.1, -0.05) is 30.0 Å². The summed E-state index contributed by atoms with van der Waals surface area (Å²) in [5.74, 6) is 1.44. The van der Waals surface area contributed by atoms with Crippen LogP contribution in [0.2, 0.25) is 0 Å². The molecule has 3 aromatic rings. The average Bonchev–Trinajstić information content (AvgIpc) is 3.28. The first-order valence-corrected chi connectivity index (χ1v) is 13.2. The smallest absolute Gasteiger partial charge is 0.227 e. The quantitative estimate of drug-likeness (QED) is 0.412. The summed E-state index contributed by atoms with van der Waals surface area (Å²) in [7, 11) is 0. The molecule has 2 aliphatic heterocycles. The third kappa shape index (κ3) is 5.45. The van der Waals surface area contributed by atoms with Gasteiger partial charge in [0.25, 0.3) is 0 Å². The number of aromatic nitrogens is 3. The number of hydrogen-bond donors (Lipinski definition) is 1. The molecular weight excluding hydrogens is 446 g/mol. The van der Waals surface area contributed by atoms with Crippen molar-refractivity contribution in [3.8, 4) is 0 Å². The second-order valence-corrected chi connectivity index (χ2v) is 10.3. The highest BCUT2D eigenvalue weighted by Gasteiger charge is 2.27. The topological polar surface area (TPSA) is 74.3 Å². The zero-order valence-electron chi connectivity index (χ0n) is 19.8. The maximum atomic E-state index is 13.2. The number of likely N-dealkylation sites (tertiary alicyclic amines) is 1. The minimum Gasteiger partial charge on any atom is -0.379 e. The second-order valence-electron chi connectivity index (χ2n) is 9.24. The maximum Gasteiger partial charge on any atom is 0.227 e. The molecule has 2 aliphatic rings. The molecule has 0 radical (unpaired) electrons. The third-order valence-corrected chi connectivity index (χ3v) is 7.75. The second kappa shape index (κ2) is 10.9. The van der Waals surface area contributed by atoms with Crippen molar-refractivity contribution in [1.29, 1.82) is 0 Å². The summed E-state index contributed by atoms with van der Waals surface area (Å²) in [6.45, 7) is 8.33. The lowest BCUT2D eigenvalue weighted by Gasteiger charge is -2.33. The Balaban J connectivity index is 1.21. The van der Waals surface area contributed by atoms with Crippen LogP contribution in [0.15, 0.2) is 41.8 Å². The molecule has 1 atom stereocenters. The Labute approximate surface area is 205 Å². The fourth-order valence-electron chi connectivity index (χ4n) is 4.99. The predicted octanol–water partition coefficient (Wildman–Crippen LogP) is 3.64. The van der Waals surface area contributed by atoms with E-state index in [2.05, 4.69) is 33.9 Å². The van der Waals surface area contributed by atoms with Crippen molar-refractivity contribution < 1.29 is 9.53 Å². The molecule has 0 bridgehead atoms. The number of benzene rings is 1. The minimum absolute atomic E-state index is 0.196. The summed E-state index contributed by atoms with van der Waals surface area (Å²) in [6.07, 6.45) is 6.42. The van der Waals surface area contributed by atoms with Crippen LogP contribution in [-0.4, -0.2) is 82.3 Å². The highest BCUT2D eigenvalue weighted by atomic mass is 32.2. The van der Waals surface area contributed by atoms with Crippen molar-refractivity contribution in [2.75, 3.05) is 51.7 Å². The minimum atomic E-state index is 0.196. The first-order valence-electron chi connectivity index (χ1n) is 12.3. The number of amides is 1. The third-order valence-electron chi connectivity index (χ3n) is 6.91. The molecule has 1 N–H and O–H groups in total. The number of hydrogen-bond acceptors (Lipinski definition) is 6. The summed E-state index contributed by atoms with van der Waals surface area (Å²) in [4.78, 5) is 30.5. The standard InChI is InChI=1S/C26H33N5O2S/c1-19-16-28-26(34-14-11-30-9-12-33-13-10-30)29-25(19)20-5-4-8-31(18-20)24(32)15-21-17-27-23-7-3-2-6-22(21)23/h2-3,6-7,16-17,20,27H,4-5,8-15,18H2,1H3/t20-/m0/s1. The van der Waals surface area contributed by atoms with Gasteiger partial charge in [0.05, 0.1) is 25.3 Å². The van der Waals surface area contributed by atoms with Crippen LogP contribution in [0.4, 0.5) is 0 Å². The van der Waals surface area contributed by atoms with E-state index in [-0.39, 0.29) is 11.8 Å². The van der Waals surface area contributed by atoms with Crippen molar-refractivity contribution in [3.63, 3.8) is 0 Å². The van der Waals surface area contributed by atoms with Gasteiger partial charge in [0.1, 0.15) is 0 Å². The Morgan fingerprint density at radius 3 is 2.97 bits per heavy atom. The number of para-hydroxylation sites is 1. The zero-order valence-corrected chi connectivity index (χ0v) is 20.6. The van der Waals surface area contributed by atoms with E-state index in [9.17, 15) is 4.79 Å². The van der Waals surface area contributed by atoms with Crippen LogP contribution in [0.5, 0.6) is 0 Å². The van der Waals surface area contributed by atoms with E-state index in [1.807, 2.05) is 29.4 Å². The average molecular weight is 480 g/mol. The number of nitrogens with zero attached hydrogens (tertiary/aromatic N) is 4. The van der Waals surface area contributed by atoms with E-state index >= 15 is 0 Å². The summed E-state index contributed by atoms with van der Waals surface area (Å²) < 4.78 is 5.43. The van der Waals surface area contributed by atoms with Gasteiger partial charge in [-0.05, 0) is 37.0 Å². The number of fused-ring (bicyclic) bond motifs is 1. The maximum absolute atomic E-state index is 13.2. The highest BCUT2D eigenvalue weighted by molar-refractivity contribution is 7.99. The molecule has 180 valence electrons. The SMILES string of the molecule is Cc1cnc(SCCN2CCOCC2)nc1[C@H]1CCCN(C(=O)Cc2c[nH]c3ccccc23)C1. The fraction of sp³-hybridized carbons (Fsp3) is 0.500. The molecule has 0 spiro atoms. The molecule has 34 heavy (non-hydrogen) atoms. The van der Waals surface area contributed by atoms with E-state index in [4.69, 9.17) is 9.72 Å². The zero-order chi connectivity index (χ0) is 23.3. The van der Waals surface area contributed by atoms with Crippen LogP contribution in [0.25, 0.3) is 10.9 Å². The molecular formula is C26H33N5O2S. The van der Waals surface area contributed by atoms with Gasteiger partial charge in [-0.2, -0.15) is 0 Å². The molecule has 5 rings (SSSR count). The number of morpholine rings is 1. The fourth-order valence-corrected chi connectivity index (χ4v) is 5.81. The van der Waals surface area contributed by atoms with Crippen LogP contribution >= 0.6 is 11.8 Å². The van der Waals surface area contributed by atoms with E-state index in [0.29, 0.717) is 6.42 Å². The molecule has 0 unspecified atom stereocenters. The number of carbonyl (C=O) groups excluding carboxylic acids is 1. The number of ether oxygens (including phenoxy) is 1. The largest absolute Gasteiger partial charge is 0.379 e. The summed E-state index contributed by atoms with van der Waals surface area (Å²) >= 11 is 1.72. The van der Waals surface area contributed by atoms with Crippen LogP contribution in [0.1, 0.15) is 35.6 Å². The lowest BCUT2D eigenvalue weighted by molar-refractivity contribution is -0.131. The summed E-state index contributed by atoms with van der Waals surface area (Å²) in [6, 6.07) is 8.17. The van der Waals surface area contributed by atoms with E-state index < -0.39 is 0 Å². The first kappa shape index (κ1) is 23.3. The van der Waals surface area contributed by atoms with Gasteiger partial charge in [-0.3, -0.25) is 9.69 Å². The van der Waals surface area contributed by atoms with Gasteiger partial charge in [0, 0.05) is 67.7 Å². The number of piperidine rings is 1. The lowest BCUT2D eigenvalue weighted by Crippen LogP contribution is -2.40. The number of nitrogens with one attached hydrogen (secondary N) is 1. The van der Waals surface area contributed by atoms with Crippen LogP contribution in [0, 0.1) is 6.92 Å². The Hall–Kier alpha value is -2.42. The van der Waals surface area contributed by atoms with Crippen molar-refractivity contribution in [1.82, 2.24) is 24.8 Å². The molecule has 0 saturated carbocycles. The van der Waals surface area contributed by atoms with Gasteiger partial charge in [0.15, 0.2) is 5.16 Å². The number of carbonyl (C=O) groups is 1. The number of rotatable bonds is 7. The van der Waals surface area contributed by atoms with Gasteiger partial charge in [0.2, 0.25) is 5.91 Å². The van der Waals surface area contributed by atoms with Crippen LogP contribution in [0.3, 0.4) is 0 Å². The number of H-pyrrole nitrogens is 1. The summed E-state index contributed by atoms with van der Waals surface area (Å²) in [5.41, 5.74) is 4.37. The molecule has 2 saturated heterocycles. The molecule has 2 aromatic heterocycles. The lowest BCUT2D eigenvalue weighted by atomic mass is 9.92. The van der Waals surface area contributed by atoms with Crippen LogP contribution < -0.4 is 0 Å². The molecule has 8 heteroatoms. The molecule has 0 aliphatic carbocycles. The van der Waals surface area contributed by atoms with E-state index in [1.54, 1.807) is 11.8 Å². The molecule has 1 aromatic carbocycles. The van der Waals surface area contributed by atoms with Crippen molar-refractivity contribution in [2.24, 2.45) is 0 Å². The van der Waals surface area contributed by atoms with Crippen LogP contribution in [-0.2, 0) is 16.0 Å². The normalized spacial score (nSPS) is 19.6. The van der Waals surface area contributed by atoms with Gasteiger partial charge < -0.3 is 14.6 Å². The summed E-state index contributed by atoms with van der Waals surface area (Å²) in [5, 5.41) is 1.98. The Kier molecular flexibility index (Phi) is 7.47. The van der Waals surface area contributed by atoms with E-state index in [1.165, 1.54) is 0 Å². The molecule has 2 fully saturated rings. The highest BCUT2D eigenvalue weighted by Crippen LogP contribution is 2.30. The Morgan fingerprint density at radius 1 is 1.24 bits per heavy atom. The Bertz CT molecular complexity index is 1130. The van der Waals surface area contributed by atoms with Crippen molar-refractivity contribution in [2.45, 2.75) is 37.3 Å². The molecule has 7 nitrogen and oxygen atoms in total. The van der Waals surface area contributed by atoms with Gasteiger partial charge in [-0.15, -0.1) is 0 Å². The molecule has 4 heterocycles. The van der Waals surface area contributed by atoms with Crippen molar-refractivity contribution >= 4 is 28.6 Å². The van der Waals surface area contributed by atoms with Crippen molar-refractivity contribution in [3.05, 3.63) is 53.5 Å². The molecule has 1 amide bonds. The number of aryl methyl sites for hydroxylation is 1. The van der Waals surface area contributed by atoms with Gasteiger partial charge in [-0.25, -0.2) is 9.97 Å². The first-order chi connectivity index (χ1) is 16.7.